The van der Waals surface area contributed by atoms with E-state index in [4.69, 9.17) is 5.73 Å². The lowest BCUT2D eigenvalue weighted by atomic mass is 10.1. The molecular formula is C10H11ClN2S. The maximum absolute atomic E-state index is 6.00. The van der Waals surface area contributed by atoms with Crippen LogP contribution in [0, 0.1) is 0 Å². The second kappa shape index (κ2) is 5.10. The van der Waals surface area contributed by atoms with Crippen LogP contribution >= 0.6 is 23.7 Å². The summed E-state index contributed by atoms with van der Waals surface area (Å²) in [6, 6.07) is 7.73. The predicted molar refractivity (Wildman–Crippen MR) is 61.8 cm³/mol. The molecule has 0 aromatic carbocycles. The van der Waals surface area contributed by atoms with Crippen molar-refractivity contribution in [3.05, 3.63) is 52.5 Å². The van der Waals surface area contributed by atoms with Gasteiger partial charge in [0.25, 0.3) is 0 Å². The summed E-state index contributed by atoms with van der Waals surface area (Å²) in [5, 5.41) is 4.08. The number of nitrogens with zero attached hydrogens (tertiary/aromatic N) is 1. The maximum atomic E-state index is 6.00. The van der Waals surface area contributed by atoms with Crippen molar-refractivity contribution < 1.29 is 0 Å². The molecule has 0 bridgehead atoms. The molecule has 0 fully saturated rings. The lowest BCUT2D eigenvalue weighted by Crippen LogP contribution is -2.12. The first kappa shape index (κ1) is 11.2. The number of hydrogen-bond donors (Lipinski definition) is 1. The van der Waals surface area contributed by atoms with Crippen LogP contribution in [0.5, 0.6) is 0 Å². The fourth-order valence-corrected chi connectivity index (χ4v) is 1.88. The molecular weight excluding hydrogens is 216 g/mol. The van der Waals surface area contributed by atoms with E-state index in [1.165, 1.54) is 0 Å². The molecule has 2 aromatic heterocycles. The first-order chi connectivity index (χ1) is 6.38. The SMILES string of the molecule is Cl.N[C@H](c1ccsc1)c1ccccn1. The molecule has 0 radical (unpaired) electrons. The summed E-state index contributed by atoms with van der Waals surface area (Å²) in [6.45, 7) is 0. The number of halogens is 1. The summed E-state index contributed by atoms with van der Waals surface area (Å²) >= 11 is 1.65. The fraction of sp³-hybridized carbons (Fsp3) is 0.100. The molecule has 74 valence electrons. The summed E-state index contributed by atoms with van der Waals surface area (Å²) in [5.41, 5.74) is 8.05. The van der Waals surface area contributed by atoms with Gasteiger partial charge in [-0.25, -0.2) is 0 Å². The summed E-state index contributed by atoms with van der Waals surface area (Å²) in [4.78, 5) is 4.21. The molecule has 0 aliphatic carbocycles. The quantitative estimate of drug-likeness (QED) is 0.855. The number of rotatable bonds is 2. The van der Waals surface area contributed by atoms with Crippen LogP contribution in [0.1, 0.15) is 17.3 Å². The molecule has 0 spiro atoms. The Kier molecular flexibility index (Phi) is 4.07. The maximum Gasteiger partial charge on any atom is 0.0734 e. The Morgan fingerprint density at radius 3 is 2.71 bits per heavy atom. The third-order valence-electron chi connectivity index (χ3n) is 1.91. The van der Waals surface area contributed by atoms with Crippen LogP contribution in [-0.4, -0.2) is 4.98 Å². The van der Waals surface area contributed by atoms with Crippen LogP contribution in [0.25, 0.3) is 0 Å². The minimum absolute atomic E-state index is 0. The van der Waals surface area contributed by atoms with Gasteiger partial charge in [-0.05, 0) is 34.5 Å². The highest BCUT2D eigenvalue weighted by atomic mass is 35.5. The van der Waals surface area contributed by atoms with Gasteiger partial charge in [0.05, 0.1) is 11.7 Å². The first-order valence-corrected chi connectivity index (χ1v) is 5.01. The van der Waals surface area contributed by atoms with E-state index in [1.807, 2.05) is 29.6 Å². The van der Waals surface area contributed by atoms with Gasteiger partial charge < -0.3 is 5.73 Å². The zero-order chi connectivity index (χ0) is 9.10. The van der Waals surface area contributed by atoms with Gasteiger partial charge in [0.1, 0.15) is 0 Å². The van der Waals surface area contributed by atoms with Crippen molar-refractivity contribution in [1.29, 1.82) is 0 Å². The molecule has 2 nitrogen and oxygen atoms in total. The van der Waals surface area contributed by atoms with Crippen molar-refractivity contribution in [2.75, 3.05) is 0 Å². The van der Waals surface area contributed by atoms with Crippen molar-refractivity contribution in [3.8, 4) is 0 Å². The lowest BCUT2D eigenvalue weighted by Gasteiger charge is -2.07. The van der Waals surface area contributed by atoms with Crippen molar-refractivity contribution in [2.24, 2.45) is 5.73 Å². The van der Waals surface area contributed by atoms with E-state index >= 15 is 0 Å². The molecule has 0 aliphatic rings. The Morgan fingerprint density at radius 2 is 2.14 bits per heavy atom. The molecule has 1 atom stereocenters. The highest BCUT2D eigenvalue weighted by Gasteiger charge is 2.08. The molecule has 14 heavy (non-hydrogen) atoms. The molecule has 2 heterocycles. The molecule has 2 aromatic rings. The molecule has 0 aliphatic heterocycles. The van der Waals surface area contributed by atoms with Crippen LogP contribution in [0.2, 0.25) is 0 Å². The molecule has 0 unspecified atom stereocenters. The number of nitrogens with two attached hydrogens (primary N) is 1. The zero-order valence-corrected chi connectivity index (χ0v) is 9.09. The van der Waals surface area contributed by atoms with E-state index in [9.17, 15) is 0 Å². The lowest BCUT2D eigenvalue weighted by molar-refractivity contribution is 0.833. The van der Waals surface area contributed by atoms with E-state index in [2.05, 4.69) is 10.4 Å². The van der Waals surface area contributed by atoms with Gasteiger partial charge in [-0.15, -0.1) is 12.4 Å². The van der Waals surface area contributed by atoms with E-state index in [0.717, 1.165) is 11.3 Å². The summed E-state index contributed by atoms with van der Waals surface area (Å²) in [6.07, 6.45) is 1.77. The smallest absolute Gasteiger partial charge is 0.0734 e. The monoisotopic (exact) mass is 226 g/mol. The minimum Gasteiger partial charge on any atom is -0.319 e. The third kappa shape index (κ3) is 2.32. The first-order valence-electron chi connectivity index (χ1n) is 4.06. The predicted octanol–water partition coefficient (Wildman–Crippen LogP) is 2.61. The fourth-order valence-electron chi connectivity index (χ4n) is 1.18. The van der Waals surface area contributed by atoms with Gasteiger partial charge in [-0.3, -0.25) is 4.98 Å². The Balaban J connectivity index is 0.000000980. The van der Waals surface area contributed by atoms with Crippen molar-refractivity contribution in [2.45, 2.75) is 6.04 Å². The average molecular weight is 227 g/mol. The largest absolute Gasteiger partial charge is 0.319 e. The van der Waals surface area contributed by atoms with Crippen molar-refractivity contribution in [1.82, 2.24) is 4.98 Å². The highest BCUT2D eigenvalue weighted by molar-refractivity contribution is 7.07. The molecule has 2 rings (SSSR count). The van der Waals surface area contributed by atoms with Crippen LogP contribution < -0.4 is 5.73 Å². The van der Waals surface area contributed by atoms with Gasteiger partial charge >= 0.3 is 0 Å². The summed E-state index contributed by atoms with van der Waals surface area (Å²) in [7, 11) is 0. The van der Waals surface area contributed by atoms with Crippen LogP contribution in [0.15, 0.2) is 41.2 Å². The normalized spacial score (nSPS) is 11.8. The van der Waals surface area contributed by atoms with E-state index in [-0.39, 0.29) is 18.4 Å². The topological polar surface area (TPSA) is 38.9 Å². The Morgan fingerprint density at radius 1 is 1.29 bits per heavy atom. The highest BCUT2D eigenvalue weighted by Crippen LogP contribution is 2.19. The second-order valence-corrected chi connectivity index (χ2v) is 3.57. The number of hydrogen-bond acceptors (Lipinski definition) is 3. The van der Waals surface area contributed by atoms with Crippen LogP contribution in [0.3, 0.4) is 0 Å². The Hall–Kier alpha value is -0.900. The molecule has 2 N–H and O–H groups in total. The van der Waals surface area contributed by atoms with Crippen molar-refractivity contribution in [3.63, 3.8) is 0 Å². The summed E-state index contributed by atoms with van der Waals surface area (Å²) in [5.74, 6) is 0. The van der Waals surface area contributed by atoms with Crippen molar-refractivity contribution >= 4 is 23.7 Å². The summed E-state index contributed by atoms with van der Waals surface area (Å²) < 4.78 is 0. The van der Waals surface area contributed by atoms with E-state index in [0.29, 0.717) is 0 Å². The number of thiophene rings is 1. The standard InChI is InChI=1S/C10H10N2S.ClH/c11-10(8-4-6-13-7-8)9-3-1-2-5-12-9;/h1-7,10H,11H2;1H/t10-;/m1./s1. The number of aromatic nitrogens is 1. The van der Waals surface area contributed by atoms with E-state index in [1.54, 1.807) is 17.5 Å². The van der Waals surface area contributed by atoms with Gasteiger partial charge in [0.2, 0.25) is 0 Å². The van der Waals surface area contributed by atoms with E-state index < -0.39 is 0 Å². The molecule has 0 amide bonds. The zero-order valence-electron chi connectivity index (χ0n) is 7.46. The van der Waals surface area contributed by atoms with Gasteiger partial charge in [0.15, 0.2) is 0 Å². The molecule has 0 saturated heterocycles. The van der Waals surface area contributed by atoms with Crippen LogP contribution in [-0.2, 0) is 0 Å². The Labute approximate surface area is 93.2 Å². The third-order valence-corrected chi connectivity index (χ3v) is 2.61. The van der Waals surface area contributed by atoms with Crippen LogP contribution in [0.4, 0.5) is 0 Å². The molecule has 0 saturated carbocycles. The van der Waals surface area contributed by atoms with Gasteiger partial charge in [-0.2, -0.15) is 11.3 Å². The average Bonchev–Trinajstić information content (AvgIpc) is 2.71. The number of pyridine rings is 1. The minimum atomic E-state index is -0.0903. The second-order valence-electron chi connectivity index (χ2n) is 2.79. The van der Waals surface area contributed by atoms with Gasteiger partial charge in [-0.1, -0.05) is 6.07 Å². The molecule has 4 heteroatoms. The Bertz CT molecular complexity index is 361. The van der Waals surface area contributed by atoms with Gasteiger partial charge in [0, 0.05) is 6.20 Å².